The molecule has 1 saturated carbocycles. The zero-order valence-electron chi connectivity index (χ0n) is 16.7. The summed E-state index contributed by atoms with van der Waals surface area (Å²) in [6.07, 6.45) is 3.52. The standard InChI is InChI=1S/C18H37N5O2S/c1-4-19-18(23-11-9-22(10-12-23)15-16(2)3)20-8-13-26(24,25)21-14-17-6-5-7-17/h16-17,21H,4-15H2,1-3H3,(H,19,20). The van der Waals surface area contributed by atoms with E-state index in [0.717, 1.165) is 58.1 Å². The summed E-state index contributed by atoms with van der Waals surface area (Å²) in [4.78, 5) is 9.29. The van der Waals surface area contributed by atoms with Gasteiger partial charge in [0, 0.05) is 45.8 Å². The number of nitrogens with one attached hydrogen (secondary N) is 2. The first kappa shape index (κ1) is 21.4. The molecule has 0 bridgehead atoms. The van der Waals surface area contributed by atoms with Gasteiger partial charge in [0.25, 0.3) is 0 Å². The summed E-state index contributed by atoms with van der Waals surface area (Å²) in [5.74, 6) is 2.11. The Hall–Kier alpha value is -0.860. The van der Waals surface area contributed by atoms with Crippen LogP contribution in [0.5, 0.6) is 0 Å². The molecule has 1 saturated heterocycles. The van der Waals surface area contributed by atoms with Crippen LogP contribution in [-0.2, 0) is 10.0 Å². The smallest absolute Gasteiger partial charge is 0.213 e. The van der Waals surface area contributed by atoms with E-state index in [2.05, 4.69) is 38.7 Å². The van der Waals surface area contributed by atoms with Crippen molar-refractivity contribution in [3.8, 4) is 0 Å². The van der Waals surface area contributed by atoms with Crippen LogP contribution in [0.25, 0.3) is 0 Å². The van der Waals surface area contributed by atoms with Crippen LogP contribution in [0.15, 0.2) is 4.99 Å². The number of hydrogen-bond acceptors (Lipinski definition) is 4. The highest BCUT2D eigenvalue weighted by atomic mass is 32.2. The van der Waals surface area contributed by atoms with Crippen molar-refractivity contribution >= 4 is 16.0 Å². The Morgan fingerprint density at radius 1 is 1.19 bits per heavy atom. The third-order valence-corrected chi connectivity index (χ3v) is 6.39. The summed E-state index contributed by atoms with van der Waals surface area (Å²) in [6, 6.07) is 0. The van der Waals surface area contributed by atoms with E-state index in [1.165, 1.54) is 6.42 Å². The zero-order valence-corrected chi connectivity index (χ0v) is 17.5. The Kier molecular flexibility index (Phi) is 8.63. The van der Waals surface area contributed by atoms with Gasteiger partial charge in [-0.05, 0) is 31.6 Å². The molecule has 8 heteroatoms. The lowest BCUT2D eigenvalue weighted by molar-refractivity contribution is 0.164. The van der Waals surface area contributed by atoms with Gasteiger partial charge in [-0.15, -0.1) is 0 Å². The lowest BCUT2D eigenvalue weighted by Gasteiger charge is -2.37. The first-order valence-corrected chi connectivity index (χ1v) is 11.8. The van der Waals surface area contributed by atoms with Gasteiger partial charge in [0.05, 0.1) is 12.3 Å². The first-order valence-electron chi connectivity index (χ1n) is 10.1. The van der Waals surface area contributed by atoms with Crippen molar-refractivity contribution in [1.82, 2.24) is 19.8 Å². The Morgan fingerprint density at radius 3 is 2.42 bits per heavy atom. The summed E-state index contributed by atoms with van der Waals surface area (Å²) < 4.78 is 27.0. The molecule has 0 aromatic carbocycles. The van der Waals surface area contributed by atoms with Crippen molar-refractivity contribution in [3.63, 3.8) is 0 Å². The fourth-order valence-corrected chi connectivity index (χ4v) is 4.34. The Bertz CT molecular complexity index is 538. The summed E-state index contributed by atoms with van der Waals surface area (Å²) >= 11 is 0. The third-order valence-electron chi connectivity index (χ3n) is 5.07. The molecular formula is C18H37N5O2S. The van der Waals surface area contributed by atoms with Crippen LogP contribution in [-0.4, -0.2) is 82.3 Å². The predicted molar refractivity (Wildman–Crippen MR) is 108 cm³/mol. The molecule has 7 nitrogen and oxygen atoms in total. The van der Waals surface area contributed by atoms with Crippen LogP contribution < -0.4 is 10.0 Å². The second kappa shape index (κ2) is 10.5. The maximum absolute atomic E-state index is 12.1. The van der Waals surface area contributed by atoms with Gasteiger partial charge in [-0.3, -0.25) is 9.89 Å². The second-order valence-electron chi connectivity index (χ2n) is 7.88. The van der Waals surface area contributed by atoms with Crippen LogP contribution in [0.3, 0.4) is 0 Å². The first-order chi connectivity index (χ1) is 12.4. The van der Waals surface area contributed by atoms with Crippen molar-refractivity contribution in [2.75, 3.05) is 58.1 Å². The van der Waals surface area contributed by atoms with Gasteiger partial charge < -0.3 is 10.2 Å². The van der Waals surface area contributed by atoms with Crippen LogP contribution in [0.2, 0.25) is 0 Å². The molecule has 0 unspecified atom stereocenters. The number of aliphatic imine (C=N–C) groups is 1. The maximum Gasteiger partial charge on any atom is 0.213 e. The highest BCUT2D eigenvalue weighted by Crippen LogP contribution is 2.25. The molecule has 0 aromatic rings. The average Bonchev–Trinajstić information content (AvgIpc) is 2.52. The van der Waals surface area contributed by atoms with Crippen LogP contribution in [0, 0.1) is 11.8 Å². The molecule has 2 aliphatic rings. The van der Waals surface area contributed by atoms with Gasteiger partial charge in [0.15, 0.2) is 5.96 Å². The minimum Gasteiger partial charge on any atom is -0.357 e. The van der Waals surface area contributed by atoms with E-state index in [-0.39, 0.29) is 5.75 Å². The molecule has 152 valence electrons. The van der Waals surface area contributed by atoms with E-state index in [9.17, 15) is 8.42 Å². The van der Waals surface area contributed by atoms with Crippen molar-refractivity contribution in [3.05, 3.63) is 0 Å². The average molecular weight is 388 g/mol. The molecular weight excluding hydrogens is 350 g/mol. The fourth-order valence-electron chi connectivity index (χ4n) is 3.37. The van der Waals surface area contributed by atoms with E-state index in [1.807, 2.05) is 6.92 Å². The number of sulfonamides is 1. The number of guanidine groups is 1. The monoisotopic (exact) mass is 387 g/mol. The molecule has 1 aliphatic heterocycles. The van der Waals surface area contributed by atoms with E-state index in [4.69, 9.17) is 0 Å². The summed E-state index contributed by atoms with van der Waals surface area (Å²) in [7, 11) is -3.23. The van der Waals surface area contributed by atoms with Gasteiger partial charge >= 0.3 is 0 Å². The van der Waals surface area contributed by atoms with Gasteiger partial charge in [0.2, 0.25) is 10.0 Å². The van der Waals surface area contributed by atoms with Gasteiger partial charge in [-0.2, -0.15) is 0 Å². The summed E-state index contributed by atoms with van der Waals surface area (Å²) in [5.41, 5.74) is 0. The molecule has 0 amide bonds. The highest BCUT2D eigenvalue weighted by Gasteiger charge is 2.21. The Balaban J connectivity index is 1.78. The number of rotatable bonds is 9. The molecule has 0 atom stereocenters. The van der Waals surface area contributed by atoms with Gasteiger partial charge in [-0.25, -0.2) is 13.1 Å². The zero-order chi connectivity index (χ0) is 19.0. The van der Waals surface area contributed by atoms with E-state index in [1.54, 1.807) is 0 Å². The molecule has 26 heavy (non-hydrogen) atoms. The Labute approximate surface area is 159 Å². The predicted octanol–water partition coefficient (Wildman–Crippen LogP) is 0.945. The lowest BCUT2D eigenvalue weighted by Crippen LogP contribution is -2.53. The SMILES string of the molecule is CCNC(=NCCS(=O)(=O)NCC1CCC1)N1CCN(CC(C)C)CC1. The molecule has 2 fully saturated rings. The fraction of sp³-hybridized carbons (Fsp3) is 0.944. The Morgan fingerprint density at radius 2 is 1.88 bits per heavy atom. The summed E-state index contributed by atoms with van der Waals surface area (Å²) in [5, 5.41) is 3.30. The normalized spacial score (nSPS) is 20.5. The second-order valence-corrected chi connectivity index (χ2v) is 9.81. The molecule has 0 aromatic heterocycles. The van der Waals surface area contributed by atoms with Crippen molar-refractivity contribution < 1.29 is 8.42 Å². The van der Waals surface area contributed by atoms with E-state index < -0.39 is 10.0 Å². The van der Waals surface area contributed by atoms with Crippen molar-refractivity contribution in [1.29, 1.82) is 0 Å². The quantitative estimate of drug-likeness (QED) is 0.455. The molecule has 1 aliphatic carbocycles. The maximum atomic E-state index is 12.1. The molecule has 1 heterocycles. The van der Waals surface area contributed by atoms with Crippen molar-refractivity contribution in [2.24, 2.45) is 16.8 Å². The highest BCUT2D eigenvalue weighted by molar-refractivity contribution is 7.89. The number of piperazine rings is 1. The molecule has 0 radical (unpaired) electrons. The lowest BCUT2D eigenvalue weighted by atomic mass is 9.86. The van der Waals surface area contributed by atoms with E-state index in [0.29, 0.717) is 24.9 Å². The minimum atomic E-state index is -3.23. The number of hydrogen-bond donors (Lipinski definition) is 2. The molecule has 2 rings (SSSR count). The summed E-state index contributed by atoms with van der Waals surface area (Å²) in [6.45, 7) is 13.3. The third kappa shape index (κ3) is 7.40. The molecule has 2 N–H and O–H groups in total. The van der Waals surface area contributed by atoms with Crippen LogP contribution in [0.4, 0.5) is 0 Å². The van der Waals surface area contributed by atoms with Gasteiger partial charge in [0.1, 0.15) is 0 Å². The minimum absolute atomic E-state index is 0.0575. The van der Waals surface area contributed by atoms with Crippen LogP contribution >= 0.6 is 0 Å². The number of nitrogens with zero attached hydrogens (tertiary/aromatic N) is 3. The molecule has 0 spiro atoms. The van der Waals surface area contributed by atoms with Crippen molar-refractivity contribution in [2.45, 2.75) is 40.0 Å². The largest absolute Gasteiger partial charge is 0.357 e. The van der Waals surface area contributed by atoms with Crippen LogP contribution in [0.1, 0.15) is 40.0 Å². The van der Waals surface area contributed by atoms with Gasteiger partial charge in [-0.1, -0.05) is 20.3 Å². The van der Waals surface area contributed by atoms with E-state index >= 15 is 0 Å². The topological polar surface area (TPSA) is 77.0 Å².